The van der Waals surface area contributed by atoms with Crippen molar-refractivity contribution < 1.29 is 4.79 Å². The minimum Gasteiger partial charge on any atom is -0.371 e. The molecule has 0 bridgehead atoms. The van der Waals surface area contributed by atoms with Gasteiger partial charge in [0, 0.05) is 49.7 Å². The van der Waals surface area contributed by atoms with Crippen LogP contribution in [-0.2, 0) is 19.4 Å². The van der Waals surface area contributed by atoms with Gasteiger partial charge in [0.25, 0.3) is 5.91 Å². The molecule has 2 aliphatic rings. The van der Waals surface area contributed by atoms with Crippen molar-refractivity contribution in [2.75, 3.05) is 36.0 Å². The van der Waals surface area contributed by atoms with Crippen molar-refractivity contribution in [1.29, 1.82) is 0 Å². The standard InChI is InChI=1S/C28H31N3O/c32-28(29-17-6-19-30-20-16-24-8-2-3-10-26(24)30)25-14-12-22(13-15-25)21-31-18-5-9-23-7-1-4-11-27(23)31/h1-4,7-8,10-15H,5-6,9,16-21H2,(H,29,32). The maximum absolute atomic E-state index is 12.6. The van der Waals surface area contributed by atoms with Crippen molar-refractivity contribution in [2.45, 2.75) is 32.2 Å². The first kappa shape index (κ1) is 20.6. The Morgan fingerprint density at radius 2 is 1.47 bits per heavy atom. The number of aryl methyl sites for hydroxylation is 1. The molecule has 1 N–H and O–H groups in total. The minimum atomic E-state index is 0.0155. The van der Waals surface area contributed by atoms with Crippen molar-refractivity contribution in [3.63, 3.8) is 0 Å². The second-order valence-corrected chi connectivity index (χ2v) is 8.83. The van der Waals surface area contributed by atoms with Crippen LogP contribution in [0.5, 0.6) is 0 Å². The molecule has 0 unspecified atom stereocenters. The summed E-state index contributed by atoms with van der Waals surface area (Å²) in [5.74, 6) is 0.0155. The molecule has 4 nitrogen and oxygen atoms in total. The molecule has 0 aliphatic carbocycles. The number of hydrogen-bond acceptors (Lipinski definition) is 3. The number of anilines is 2. The van der Waals surface area contributed by atoms with Crippen molar-refractivity contribution in [1.82, 2.24) is 5.32 Å². The first-order valence-corrected chi connectivity index (χ1v) is 11.8. The van der Waals surface area contributed by atoms with Gasteiger partial charge in [0.1, 0.15) is 0 Å². The molecule has 0 fully saturated rings. The van der Waals surface area contributed by atoms with Crippen molar-refractivity contribution in [3.05, 3.63) is 95.1 Å². The number of carbonyl (C=O) groups excluding carboxylic acids is 1. The van der Waals surface area contributed by atoms with Gasteiger partial charge in [0.15, 0.2) is 0 Å². The number of carbonyl (C=O) groups is 1. The van der Waals surface area contributed by atoms with Gasteiger partial charge < -0.3 is 15.1 Å². The summed E-state index contributed by atoms with van der Waals surface area (Å²) in [5, 5.41) is 3.08. The lowest BCUT2D eigenvalue weighted by Crippen LogP contribution is -2.29. The molecular weight excluding hydrogens is 394 g/mol. The van der Waals surface area contributed by atoms with Crippen LogP contribution in [0.15, 0.2) is 72.8 Å². The Hall–Kier alpha value is -3.27. The zero-order valence-electron chi connectivity index (χ0n) is 18.6. The number of fused-ring (bicyclic) bond motifs is 2. The second kappa shape index (κ2) is 9.47. The highest BCUT2D eigenvalue weighted by molar-refractivity contribution is 5.94. The maximum atomic E-state index is 12.6. The van der Waals surface area contributed by atoms with Crippen LogP contribution in [0.4, 0.5) is 11.4 Å². The molecular formula is C28H31N3O. The third-order valence-electron chi connectivity index (χ3n) is 6.67. The average Bonchev–Trinajstić information content (AvgIpc) is 3.25. The van der Waals surface area contributed by atoms with Crippen molar-refractivity contribution in [3.8, 4) is 0 Å². The van der Waals surface area contributed by atoms with Gasteiger partial charge in [-0.2, -0.15) is 0 Å². The lowest BCUT2D eigenvalue weighted by atomic mass is 10.0. The largest absolute Gasteiger partial charge is 0.371 e. The third kappa shape index (κ3) is 4.50. The zero-order chi connectivity index (χ0) is 21.8. The highest BCUT2D eigenvalue weighted by Gasteiger charge is 2.18. The molecule has 2 heterocycles. The Bertz CT molecular complexity index is 1080. The van der Waals surface area contributed by atoms with E-state index in [2.05, 4.69) is 75.8 Å². The van der Waals surface area contributed by atoms with Crippen LogP contribution >= 0.6 is 0 Å². The Kier molecular flexibility index (Phi) is 6.11. The summed E-state index contributed by atoms with van der Waals surface area (Å²) in [4.78, 5) is 17.4. The fourth-order valence-electron chi connectivity index (χ4n) is 4.97. The highest BCUT2D eigenvalue weighted by atomic mass is 16.1. The topological polar surface area (TPSA) is 35.6 Å². The summed E-state index contributed by atoms with van der Waals surface area (Å²) in [6.07, 6.45) is 4.43. The van der Waals surface area contributed by atoms with E-state index in [4.69, 9.17) is 0 Å². The summed E-state index contributed by atoms with van der Waals surface area (Å²) in [7, 11) is 0. The molecule has 0 spiro atoms. The molecule has 0 atom stereocenters. The molecule has 3 aromatic rings. The number of hydrogen-bond donors (Lipinski definition) is 1. The molecule has 0 aromatic heterocycles. The second-order valence-electron chi connectivity index (χ2n) is 8.83. The van der Waals surface area contributed by atoms with Gasteiger partial charge >= 0.3 is 0 Å². The summed E-state index contributed by atoms with van der Waals surface area (Å²) in [6, 6.07) is 25.4. The first-order valence-electron chi connectivity index (χ1n) is 11.8. The molecule has 164 valence electrons. The minimum absolute atomic E-state index is 0.0155. The fraction of sp³-hybridized carbons (Fsp3) is 0.321. The fourth-order valence-corrected chi connectivity index (χ4v) is 4.97. The normalized spacial score (nSPS) is 14.8. The van der Waals surface area contributed by atoms with Gasteiger partial charge in [0.05, 0.1) is 0 Å². The number of nitrogens with zero attached hydrogens (tertiary/aromatic N) is 2. The molecule has 1 amide bonds. The Morgan fingerprint density at radius 3 is 2.25 bits per heavy atom. The maximum Gasteiger partial charge on any atom is 0.251 e. The molecule has 0 saturated heterocycles. The van der Waals surface area contributed by atoms with Crippen LogP contribution in [0.2, 0.25) is 0 Å². The van der Waals surface area contributed by atoms with E-state index in [0.29, 0.717) is 6.54 Å². The third-order valence-corrected chi connectivity index (χ3v) is 6.67. The van der Waals surface area contributed by atoms with Crippen LogP contribution in [0.3, 0.4) is 0 Å². The van der Waals surface area contributed by atoms with Crippen LogP contribution in [-0.4, -0.2) is 32.1 Å². The van der Waals surface area contributed by atoms with E-state index < -0.39 is 0 Å². The van der Waals surface area contributed by atoms with E-state index in [9.17, 15) is 4.79 Å². The SMILES string of the molecule is O=C(NCCCN1CCc2ccccc21)c1ccc(CN2CCCc3ccccc32)cc1. The molecule has 3 aromatic carbocycles. The Labute approximate surface area is 190 Å². The van der Waals surface area contributed by atoms with Crippen LogP contribution < -0.4 is 15.1 Å². The summed E-state index contributed by atoms with van der Waals surface area (Å²) < 4.78 is 0. The first-order chi connectivity index (χ1) is 15.8. The lowest BCUT2D eigenvalue weighted by molar-refractivity contribution is 0.0953. The Balaban J connectivity index is 1.10. The van der Waals surface area contributed by atoms with Gasteiger partial charge in [-0.05, 0) is 66.6 Å². The number of para-hydroxylation sites is 2. The predicted molar refractivity (Wildman–Crippen MR) is 132 cm³/mol. The molecule has 2 aliphatic heterocycles. The molecule has 0 saturated carbocycles. The number of nitrogens with one attached hydrogen (secondary N) is 1. The van der Waals surface area contributed by atoms with Crippen LogP contribution in [0.25, 0.3) is 0 Å². The van der Waals surface area contributed by atoms with Gasteiger partial charge in [-0.1, -0.05) is 48.5 Å². The lowest BCUT2D eigenvalue weighted by Gasteiger charge is -2.31. The van der Waals surface area contributed by atoms with Gasteiger partial charge in [-0.25, -0.2) is 0 Å². The smallest absolute Gasteiger partial charge is 0.251 e. The predicted octanol–water partition coefficient (Wildman–Crippen LogP) is 4.82. The average molecular weight is 426 g/mol. The van der Waals surface area contributed by atoms with E-state index in [1.807, 2.05) is 12.1 Å². The van der Waals surface area contributed by atoms with Gasteiger partial charge in [-0.3, -0.25) is 4.79 Å². The van der Waals surface area contributed by atoms with E-state index in [1.165, 1.54) is 34.5 Å². The van der Waals surface area contributed by atoms with Crippen LogP contribution in [0.1, 0.15) is 39.9 Å². The summed E-state index contributed by atoms with van der Waals surface area (Å²) >= 11 is 0. The van der Waals surface area contributed by atoms with Crippen molar-refractivity contribution in [2.24, 2.45) is 0 Å². The molecule has 32 heavy (non-hydrogen) atoms. The highest BCUT2D eigenvalue weighted by Crippen LogP contribution is 2.28. The zero-order valence-corrected chi connectivity index (χ0v) is 18.6. The quantitative estimate of drug-likeness (QED) is 0.551. The van der Waals surface area contributed by atoms with E-state index in [-0.39, 0.29) is 5.91 Å². The summed E-state index contributed by atoms with van der Waals surface area (Å²) in [6.45, 7) is 4.73. The molecule has 0 radical (unpaired) electrons. The van der Waals surface area contributed by atoms with Crippen molar-refractivity contribution >= 4 is 17.3 Å². The van der Waals surface area contributed by atoms with Gasteiger partial charge in [-0.15, -0.1) is 0 Å². The number of rotatable bonds is 7. The Morgan fingerprint density at radius 1 is 0.781 bits per heavy atom. The van der Waals surface area contributed by atoms with E-state index in [0.717, 1.165) is 51.0 Å². The number of benzene rings is 3. The number of amides is 1. The monoisotopic (exact) mass is 425 g/mol. The summed E-state index contributed by atoms with van der Waals surface area (Å²) in [5.41, 5.74) is 7.55. The van der Waals surface area contributed by atoms with Crippen LogP contribution in [0, 0.1) is 0 Å². The van der Waals surface area contributed by atoms with E-state index >= 15 is 0 Å². The van der Waals surface area contributed by atoms with Gasteiger partial charge in [0.2, 0.25) is 0 Å². The molecule has 4 heteroatoms. The molecule has 5 rings (SSSR count). The van der Waals surface area contributed by atoms with E-state index in [1.54, 1.807) is 0 Å².